The SMILES string of the molecule is COC(=O)C1=C(C(=O)OC)N(c2cccc(Sc3ncccc3[N+](=O)[O-])c2)C=CC=C1. The molecule has 0 spiro atoms. The van der Waals surface area contributed by atoms with Crippen LogP contribution in [0.4, 0.5) is 11.4 Å². The zero-order valence-electron chi connectivity index (χ0n) is 16.6. The van der Waals surface area contributed by atoms with Crippen LogP contribution in [0, 0.1) is 10.1 Å². The number of hydrogen-bond acceptors (Lipinski definition) is 9. The highest BCUT2D eigenvalue weighted by molar-refractivity contribution is 7.99. The van der Waals surface area contributed by atoms with E-state index in [9.17, 15) is 19.7 Å². The minimum Gasteiger partial charge on any atom is -0.465 e. The number of esters is 2. The zero-order valence-corrected chi connectivity index (χ0v) is 17.4. The van der Waals surface area contributed by atoms with E-state index in [0.29, 0.717) is 10.6 Å². The van der Waals surface area contributed by atoms with Gasteiger partial charge in [0, 0.05) is 29.0 Å². The molecule has 1 aromatic heterocycles. The Labute approximate surface area is 181 Å². The van der Waals surface area contributed by atoms with E-state index < -0.39 is 16.9 Å². The number of nitro groups is 1. The Hall–Kier alpha value is -3.92. The molecule has 0 N–H and O–H groups in total. The smallest absolute Gasteiger partial charge is 0.355 e. The number of ether oxygens (including phenoxy) is 2. The van der Waals surface area contributed by atoms with Crippen molar-refractivity contribution in [1.82, 2.24) is 4.98 Å². The summed E-state index contributed by atoms with van der Waals surface area (Å²) < 4.78 is 9.69. The lowest BCUT2D eigenvalue weighted by atomic mass is 10.1. The molecule has 0 radical (unpaired) electrons. The number of benzene rings is 1. The molecule has 0 atom stereocenters. The van der Waals surface area contributed by atoms with Gasteiger partial charge in [-0.2, -0.15) is 0 Å². The Bertz CT molecular complexity index is 1130. The number of allylic oxidation sites excluding steroid dienone is 2. The Morgan fingerprint density at radius 2 is 1.87 bits per heavy atom. The van der Waals surface area contributed by atoms with E-state index >= 15 is 0 Å². The van der Waals surface area contributed by atoms with Crippen LogP contribution in [0.1, 0.15) is 0 Å². The molecule has 9 nitrogen and oxygen atoms in total. The van der Waals surface area contributed by atoms with Gasteiger partial charge in [-0.15, -0.1) is 0 Å². The van der Waals surface area contributed by atoms with E-state index in [1.165, 1.54) is 43.5 Å². The largest absolute Gasteiger partial charge is 0.465 e. The second-order valence-corrected chi connectivity index (χ2v) is 7.06. The Morgan fingerprint density at radius 3 is 2.58 bits per heavy atom. The summed E-state index contributed by atoms with van der Waals surface area (Å²) in [5.74, 6) is -1.42. The first-order chi connectivity index (χ1) is 15.0. The fraction of sp³-hybridized carbons (Fsp3) is 0.0952. The molecule has 3 rings (SSSR count). The van der Waals surface area contributed by atoms with Crippen LogP contribution in [0.2, 0.25) is 0 Å². The van der Waals surface area contributed by atoms with Crippen molar-refractivity contribution in [1.29, 1.82) is 0 Å². The summed E-state index contributed by atoms with van der Waals surface area (Å²) in [6.07, 6.45) is 7.80. The first-order valence-corrected chi connectivity index (χ1v) is 9.70. The summed E-state index contributed by atoms with van der Waals surface area (Å²) in [6.45, 7) is 0. The predicted octanol–water partition coefficient (Wildman–Crippen LogP) is 3.63. The van der Waals surface area contributed by atoms with Crippen LogP contribution < -0.4 is 4.90 Å². The minimum absolute atomic E-state index is 0.0229. The Kier molecular flexibility index (Phi) is 6.83. The van der Waals surface area contributed by atoms with E-state index in [-0.39, 0.29) is 22.0 Å². The van der Waals surface area contributed by atoms with Crippen LogP contribution in [-0.2, 0) is 19.1 Å². The number of hydrogen-bond donors (Lipinski definition) is 0. The molecule has 0 fully saturated rings. The van der Waals surface area contributed by atoms with Crippen LogP contribution in [0.3, 0.4) is 0 Å². The summed E-state index contributed by atoms with van der Waals surface area (Å²) in [4.78, 5) is 41.8. The van der Waals surface area contributed by atoms with Gasteiger partial charge < -0.3 is 14.4 Å². The molecule has 0 amide bonds. The van der Waals surface area contributed by atoms with Gasteiger partial charge >= 0.3 is 17.6 Å². The van der Waals surface area contributed by atoms with E-state index in [0.717, 1.165) is 11.8 Å². The van der Waals surface area contributed by atoms with Gasteiger partial charge in [0.1, 0.15) is 5.70 Å². The number of carbonyl (C=O) groups excluding carboxylic acids is 2. The van der Waals surface area contributed by atoms with Crippen LogP contribution in [0.15, 0.2) is 88.2 Å². The summed E-state index contributed by atoms with van der Waals surface area (Å²) in [5, 5.41) is 11.5. The van der Waals surface area contributed by atoms with E-state index in [1.54, 1.807) is 42.6 Å². The molecular formula is C21H17N3O6S. The van der Waals surface area contributed by atoms with Crippen LogP contribution in [-0.4, -0.2) is 36.1 Å². The Morgan fingerprint density at radius 1 is 1.10 bits per heavy atom. The number of carbonyl (C=O) groups is 2. The van der Waals surface area contributed by atoms with Crippen LogP contribution in [0.25, 0.3) is 0 Å². The van der Waals surface area contributed by atoms with Crippen LogP contribution >= 0.6 is 11.8 Å². The normalized spacial score (nSPS) is 13.0. The first-order valence-electron chi connectivity index (χ1n) is 8.88. The molecule has 2 aromatic rings. The van der Waals surface area contributed by atoms with Gasteiger partial charge in [-0.1, -0.05) is 23.9 Å². The van der Waals surface area contributed by atoms with E-state index in [4.69, 9.17) is 9.47 Å². The second kappa shape index (κ2) is 9.72. The van der Waals surface area contributed by atoms with Gasteiger partial charge in [-0.05, 0) is 36.4 Å². The van der Waals surface area contributed by atoms with Crippen molar-refractivity contribution in [3.05, 3.63) is 88.4 Å². The summed E-state index contributed by atoms with van der Waals surface area (Å²) in [6, 6.07) is 9.81. The van der Waals surface area contributed by atoms with Crippen molar-refractivity contribution >= 4 is 35.1 Å². The fourth-order valence-corrected chi connectivity index (χ4v) is 3.68. The number of pyridine rings is 1. The lowest BCUT2D eigenvalue weighted by Gasteiger charge is -2.23. The predicted molar refractivity (Wildman–Crippen MR) is 113 cm³/mol. The minimum atomic E-state index is -0.727. The number of rotatable bonds is 6. The molecule has 0 bridgehead atoms. The summed E-state index contributed by atoms with van der Waals surface area (Å²) >= 11 is 1.11. The molecule has 0 saturated heterocycles. The molecule has 0 saturated carbocycles. The number of methoxy groups -OCH3 is 2. The van der Waals surface area contributed by atoms with Crippen LogP contribution in [0.5, 0.6) is 0 Å². The molecule has 31 heavy (non-hydrogen) atoms. The molecule has 0 unspecified atom stereocenters. The topological polar surface area (TPSA) is 112 Å². The molecule has 10 heteroatoms. The van der Waals surface area contributed by atoms with Gasteiger partial charge in [-0.3, -0.25) is 10.1 Å². The zero-order chi connectivity index (χ0) is 22.4. The van der Waals surface area contributed by atoms with Crippen molar-refractivity contribution in [2.45, 2.75) is 9.92 Å². The average molecular weight is 439 g/mol. The average Bonchev–Trinajstić information content (AvgIpc) is 3.01. The number of aromatic nitrogens is 1. The highest BCUT2D eigenvalue weighted by atomic mass is 32.2. The third-order valence-corrected chi connectivity index (χ3v) is 5.14. The number of anilines is 1. The summed E-state index contributed by atoms with van der Waals surface area (Å²) in [7, 11) is 2.44. The standard InChI is InChI=1S/C21H17N3O6S/c1-29-20(25)16-9-3-4-12-23(18(16)21(26)30-2)14-7-5-8-15(13-14)31-19-17(24(27)28)10-6-11-22-19/h3-13H,1-2H3. The highest BCUT2D eigenvalue weighted by Crippen LogP contribution is 2.35. The molecule has 1 aromatic carbocycles. The van der Waals surface area contributed by atoms with Crippen molar-refractivity contribution in [3.63, 3.8) is 0 Å². The molecule has 2 heterocycles. The maximum Gasteiger partial charge on any atom is 0.355 e. The van der Waals surface area contributed by atoms with Gasteiger partial charge in [0.25, 0.3) is 0 Å². The Balaban J connectivity index is 2.05. The molecule has 1 aliphatic rings. The molecular weight excluding hydrogens is 422 g/mol. The van der Waals surface area contributed by atoms with E-state index in [1.807, 2.05) is 0 Å². The van der Waals surface area contributed by atoms with E-state index in [2.05, 4.69) is 4.98 Å². The third kappa shape index (κ3) is 4.81. The summed E-state index contributed by atoms with van der Waals surface area (Å²) in [5.41, 5.74) is 0.424. The molecule has 0 aliphatic carbocycles. The van der Waals surface area contributed by atoms with Crippen molar-refractivity contribution in [2.75, 3.05) is 19.1 Å². The maximum absolute atomic E-state index is 12.5. The van der Waals surface area contributed by atoms with Gasteiger partial charge in [0.2, 0.25) is 0 Å². The lowest BCUT2D eigenvalue weighted by molar-refractivity contribution is -0.388. The quantitative estimate of drug-likeness (QED) is 0.378. The monoisotopic (exact) mass is 439 g/mol. The molecule has 1 aliphatic heterocycles. The highest BCUT2D eigenvalue weighted by Gasteiger charge is 2.27. The van der Waals surface area contributed by atoms with Crippen molar-refractivity contribution in [3.8, 4) is 0 Å². The van der Waals surface area contributed by atoms with Gasteiger partial charge in [0.15, 0.2) is 5.03 Å². The lowest BCUT2D eigenvalue weighted by Crippen LogP contribution is -2.26. The number of nitrogens with zero attached hydrogens (tertiary/aromatic N) is 3. The van der Waals surface area contributed by atoms with Gasteiger partial charge in [0.05, 0.1) is 24.7 Å². The third-order valence-electron chi connectivity index (χ3n) is 4.15. The maximum atomic E-state index is 12.5. The molecule has 158 valence electrons. The van der Waals surface area contributed by atoms with Crippen molar-refractivity contribution in [2.24, 2.45) is 0 Å². The first kappa shape index (κ1) is 21.8. The second-order valence-electron chi connectivity index (χ2n) is 6.00. The van der Waals surface area contributed by atoms with Crippen molar-refractivity contribution < 1.29 is 24.0 Å². The fourth-order valence-electron chi connectivity index (χ4n) is 2.77. The van der Waals surface area contributed by atoms with Gasteiger partial charge in [-0.25, -0.2) is 14.6 Å².